The summed E-state index contributed by atoms with van der Waals surface area (Å²) in [6, 6.07) is 21.5. The van der Waals surface area contributed by atoms with Gasteiger partial charge < -0.3 is 21.5 Å². The summed E-state index contributed by atoms with van der Waals surface area (Å²) in [5.74, 6) is -0.106. The second-order valence-electron chi connectivity index (χ2n) is 8.45. The summed E-state index contributed by atoms with van der Waals surface area (Å²) in [6.45, 7) is 4.42. The van der Waals surface area contributed by atoms with Crippen molar-refractivity contribution >= 4 is 35.0 Å². The maximum absolute atomic E-state index is 13.0. The van der Waals surface area contributed by atoms with Crippen molar-refractivity contribution in [2.24, 2.45) is 0 Å². The van der Waals surface area contributed by atoms with Crippen molar-refractivity contribution in [3.63, 3.8) is 0 Å². The average molecular weight is 473 g/mol. The van der Waals surface area contributed by atoms with Crippen LogP contribution in [0.15, 0.2) is 78.9 Å². The number of benzene rings is 3. The second-order valence-corrected chi connectivity index (χ2v) is 8.45. The highest BCUT2D eigenvalue weighted by molar-refractivity contribution is 6.03. The summed E-state index contributed by atoms with van der Waals surface area (Å²) >= 11 is 0. The third-order valence-electron chi connectivity index (χ3n) is 5.48. The molecule has 0 radical (unpaired) electrons. The maximum atomic E-state index is 13.0. The van der Waals surface area contributed by atoms with Gasteiger partial charge in [-0.2, -0.15) is 0 Å². The first-order chi connectivity index (χ1) is 16.9. The molecule has 7 heteroatoms. The van der Waals surface area contributed by atoms with Gasteiger partial charge in [-0.1, -0.05) is 62.4 Å². The minimum Gasteiger partial charge on any atom is -0.397 e. The van der Waals surface area contributed by atoms with Crippen LogP contribution in [-0.4, -0.2) is 30.1 Å². The molecule has 0 fully saturated rings. The monoisotopic (exact) mass is 472 g/mol. The third-order valence-corrected chi connectivity index (χ3v) is 5.48. The molecule has 0 saturated heterocycles. The molecule has 7 nitrogen and oxygen atoms in total. The highest BCUT2D eigenvalue weighted by Crippen LogP contribution is 2.21. The van der Waals surface area contributed by atoms with Gasteiger partial charge in [0.1, 0.15) is 6.04 Å². The van der Waals surface area contributed by atoms with Crippen molar-refractivity contribution in [2.45, 2.75) is 25.8 Å². The molecule has 2 amide bonds. The quantitative estimate of drug-likeness (QED) is 0.223. The van der Waals surface area contributed by atoms with Crippen LogP contribution >= 0.6 is 0 Å². The highest BCUT2D eigenvalue weighted by Gasteiger charge is 2.20. The molecule has 182 valence electrons. The number of hydrogen-bond acceptors (Lipinski definition) is 5. The summed E-state index contributed by atoms with van der Waals surface area (Å²) in [5.41, 5.74) is 10.4. The third kappa shape index (κ3) is 7.53. The van der Waals surface area contributed by atoms with Gasteiger partial charge in [-0.25, -0.2) is 0 Å². The Morgan fingerprint density at radius 3 is 2.20 bits per heavy atom. The lowest BCUT2D eigenvalue weighted by molar-refractivity contribution is -0.118. The fourth-order valence-corrected chi connectivity index (χ4v) is 3.49. The molecular formula is C28H32N4O3. The van der Waals surface area contributed by atoms with E-state index in [1.165, 1.54) is 11.6 Å². The van der Waals surface area contributed by atoms with Crippen molar-refractivity contribution in [3.05, 3.63) is 95.6 Å². The van der Waals surface area contributed by atoms with Gasteiger partial charge in [0.05, 0.1) is 18.0 Å². The largest absolute Gasteiger partial charge is 0.397 e. The molecular weight excluding hydrogens is 440 g/mol. The van der Waals surface area contributed by atoms with Gasteiger partial charge in [-0.15, -0.1) is 0 Å². The Balaban J connectivity index is 1.67. The molecule has 0 aliphatic rings. The number of carbonyl (C=O) groups is 2. The van der Waals surface area contributed by atoms with Crippen LogP contribution in [0.5, 0.6) is 0 Å². The summed E-state index contributed by atoms with van der Waals surface area (Å²) in [4.78, 5) is 25.2. The number of amides is 2. The topological polar surface area (TPSA) is 116 Å². The van der Waals surface area contributed by atoms with Crippen molar-refractivity contribution in [2.75, 3.05) is 29.5 Å². The van der Waals surface area contributed by atoms with E-state index in [0.717, 1.165) is 11.1 Å². The Kier molecular flexibility index (Phi) is 9.17. The summed E-state index contributed by atoms with van der Waals surface area (Å²) < 4.78 is 0. The van der Waals surface area contributed by atoms with E-state index in [1.807, 2.05) is 48.5 Å². The summed E-state index contributed by atoms with van der Waals surface area (Å²) in [5, 5.41) is 18.0. The normalized spacial score (nSPS) is 12.0. The van der Waals surface area contributed by atoms with Gasteiger partial charge in [0, 0.05) is 18.3 Å². The molecule has 0 bridgehead atoms. The number of rotatable bonds is 10. The van der Waals surface area contributed by atoms with Crippen molar-refractivity contribution in [3.8, 4) is 0 Å². The Morgan fingerprint density at radius 2 is 1.57 bits per heavy atom. The number of anilines is 3. The minimum atomic E-state index is -0.644. The van der Waals surface area contributed by atoms with E-state index >= 15 is 0 Å². The van der Waals surface area contributed by atoms with Gasteiger partial charge >= 0.3 is 0 Å². The molecule has 1 unspecified atom stereocenters. The van der Waals surface area contributed by atoms with Gasteiger partial charge in [0.15, 0.2) is 0 Å². The first kappa shape index (κ1) is 25.7. The van der Waals surface area contributed by atoms with Crippen LogP contribution in [0, 0.1) is 0 Å². The Morgan fingerprint density at radius 1 is 0.914 bits per heavy atom. The van der Waals surface area contributed by atoms with Gasteiger partial charge in [-0.3, -0.25) is 14.9 Å². The molecule has 0 aromatic heterocycles. The van der Waals surface area contributed by atoms with Gasteiger partial charge in [0.25, 0.3) is 0 Å². The lowest BCUT2D eigenvalue weighted by atomic mass is 10.0. The van der Waals surface area contributed by atoms with Crippen LogP contribution in [0.25, 0.3) is 6.08 Å². The highest BCUT2D eigenvalue weighted by atomic mass is 16.3. The molecule has 0 heterocycles. The predicted molar refractivity (Wildman–Crippen MR) is 142 cm³/mol. The van der Waals surface area contributed by atoms with Crippen LogP contribution in [0.4, 0.5) is 17.1 Å². The Labute approximate surface area is 206 Å². The Bertz CT molecular complexity index is 1160. The molecule has 35 heavy (non-hydrogen) atoms. The van der Waals surface area contributed by atoms with Crippen LogP contribution in [0.3, 0.4) is 0 Å². The first-order valence-corrected chi connectivity index (χ1v) is 11.6. The van der Waals surface area contributed by atoms with E-state index in [0.29, 0.717) is 23.0 Å². The van der Waals surface area contributed by atoms with E-state index in [4.69, 9.17) is 5.73 Å². The molecule has 3 rings (SSSR count). The molecule has 3 aromatic carbocycles. The number of nitrogens with two attached hydrogens (primary N) is 1. The zero-order chi connectivity index (χ0) is 25.2. The number of aliphatic hydroxyl groups excluding tert-OH is 1. The van der Waals surface area contributed by atoms with Crippen molar-refractivity contribution < 1.29 is 14.7 Å². The fraction of sp³-hybridized carbons (Fsp3) is 0.214. The van der Waals surface area contributed by atoms with E-state index in [-0.39, 0.29) is 25.0 Å². The zero-order valence-corrected chi connectivity index (χ0v) is 20.0. The SMILES string of the molecule is CC(C)c1ccc(NC(=O)C(NCCO)c2ccc(C=CC(=O)Nc3ccccc3N)cc2)cc1. The van der Waals surface area contributed by atoms with Crippen molar-refractivity contribution in [1.29, 1.82) is 0 Å². The van der Waals surface area contributed by atoms with Gasteiger partial charge in [-0.05, 0) is 52.9 Å². The predicted octanol–water partition coefficient (Wildman–Crippen LogP) is 4.31. The molecule has 0 spiro atoms. The summed E-state index contributed by atoms with van der Waals surface area (Å²) in [6.07, 6.45) is 3.11. The van der Waals surface area contributed by atoms with E-state index < -0.39 is 6.04 Å². The zero-order valence-electron chi connectivity index (χ0n) is 20.0. The van der Waals surface area contributed by atoms with Crippen LogP contribution in [0.2, 0.25) is 0 Å². The number of carbonyl (C=O) groups excluding carboxylic acids is 2. The number of nitrogens with one attached hydrogen (secondary N) is 3. The lowest BCUT2D eigenvalue weighted by Crippen LogP contribution is -2.34. The van der Waals surface area contributed by atoms with Crippen LogP contribution in [-0.2, 0) is 9.59 Å². The number of aliphatic hydroxyl groups is 1. The van der Waals surface area contributed by atoms with E-state index in [2.05, 4.69) is 29.8 Å². The maximum Gasteiger partial charge on any atom is 0.248 e. The smallest absolute Gasteiger partial charge is 0.248 e. The van der Waals surface area contributed by atoms with Crippen LogP contribution < -0.4 is 21.7 Å². The molecule has 0 aliphatic heterocycles. The number of para-hydroxylation sites is 2. The molecule has 0 saturated carbocycles. The van der Waals surface area contributed by atoms with E-state index in [9.17, 15) is 14.7 Å². The minimum absolute atomic E-state index is 0.0886. The number of nitrogen functional groups attached to an aromatic ring is 1. The summed E-state index contributed by atoms with van der Waals surface area (Å²) in [7, 11) is 0. The average Bonchev–Trinajstić information content (AvgIpc) is 2.85. The van der Waals surface area contributed by atoms with E-state index in [1.54, 1.807) is 30.3 Å². The van der Waals surface area contributed by atoms with Crippen molar-refractivity contribution in [1.82, 2.24) is 5.32 Å². The lowest BCUT2D eigenvalue weighted by Gasteiger charge is -2.19. The molecule has 0 aliphatic carbocycles. The second kappa shape index (κ2) is 12.5. The standard InChI is InChI=1S/C28H32N4O3/c1-19(2)21-12-14-23(15-13-21)31-28(35)27(30-17-18-33)22-10-7-20(8-11-22)9-16-26(34)32-25-6-4-3-5-24(25)29/h3-16,19,27,30,33H,17-18,29H2,1-2H3,(H,31,35)(H,32,34). The van der Waals surface area contributed by atoms with Crippen LogP contribution in [0.1, 0.15) is 42.5 Å². The molecule has 3 aromatic rings. The first-order valence-electron chi connectivity index (χ1n) is 11.6. The molecule has 1 atom stereocenters. The molecule has 6 N–H and O–H groups in total. The Hall–Kier alpha value is -3.94. The van der Waals surface area contributed by atoms with Gasteiger partial charge in [0.2, 0.25) is 11.8 Å². The fourth-order valence-electron chi connectivity index (χ4n) is 3.49. The number of hydrogen-bond donors (Lipinski definition) is 5.